The monoisotopic (exact) mass is 263 g/mol. The molecule has 0 aliphatic carbocycles. The van der Waals surface area contributed by atoms with Gasteiger partial charge < -0.3 is 5.11 Å². The molecule has 0 atom stereocenters. The van der Waals surface area contributed by atoms with E-state index in [-0.39, 0.29) is 10.8 Å². The van der Waals surface area contributed by atoms with Crippen molar-refractivity contribution < 1.29 is 9.90 Å². The van der Waals surface area contributed by atoms with Gasteiger partial charge in [-0.2, -0.15) is 0 Å². The van der Waals surface area contributed by atoms with Crippen molar-refractivity contribution in [3.63, 3.8) is 0 Å². The number of aliphatic hydroxyl groups is 1. The highest BCUT2D eigenvalue weighted by atomic mass is 79.9. The lowest BCUT2D eigenvalue weighted by atomic mass is 10.2. The molecule has 0 spiro atoms. The molecule has 5 heteroatoms. The maximum atomic E-state index is 11.0. The lowest BCUT2D eigenvalue weighted by Gasteiger charge is -2.00. The SMILES string of the molecule is O=C(CO)c1cc(CBr)cc(Cl)n1. The number of aliphatic hydroxyl groups excluding tert-OH is 1. The number of hydrogen-bond donors (Lipinski definition) is 1. The highest BCUT2D eigenvalue weighted by molar-refractivity contribution is 9.08. The van der Waals surface area contributed by atoms with E-state index in [9.17, 15) is 4.79 Å². The Morgan fingerprint density at radius 1 is 1.62 bits per heavy atom. The molecule has 0 amide bonds. The van der Waals surface area contributed by atoms with E-state index in [1.54, 1.807) is 12.1 Å². The van der Waals surface area contributed by atoms with Crippen LogP contribution in [0.25, 0.3) is 0 Å². The number of aromatic nitrogens is 1. The first-order chi connectivity index (χ1) is 6.17. The van der Waals surface area contributed by atoms with Gasteiger partial charge in [-0.3, -0.25) is 4.79 Å². The predicted octanol–water partition coefficient (Wildman–Crippen LogP) is 1.80. The van der Waals surface area contributed by atoms with Gasteiger partial charge in [0.15, 0.2) is 0 Å². The molecule has 1 rings (SSSR count). The number of alkyl halides is 1. The number of hydrogen-bond acceptors (Lipinski definition) is 3. The van der Waals surface area contributed by atoms with Crippen LogP contribution in [0.2, 0.25) is 5.15 Å². The second kappa shape index (κ2) is 4.69. The second-order valence-electron chi connectivity index (χ2n) is 2.40. The number of carbonyl (C=O) groups is 1. The quantitative estimate of drug-likeness (QED) is 0.514. The molecule has 0 fully saturated rings. The first kappa shape index (κ1) is 10.6. The minimum Gasteiger partial charge on any atom is -0.388 e. The smallest absolute Gasteiger partial charge is 0.206 e. The number of pyridine rings is 1. The standard InChI is InChI=1S/C8H7BrClNO2/c9-3-5-1-6(7(13)4-12)11-8(10)2-5/h1-2,12H,3-4H2. The van der Waals surface area contributed by atoms with E-state index in [1.165, 1.54) is 0 Å². The molecule has 0 saturated carbocycles. The molecular weight excluding hydrogens is 257 g/mol. The lowest BCUT2D eigenvalue weighted by Crippen LogP contribution is -2.07. The van der Waals surface area contributed by atoms with Gasteiger partial charge in [0.05, 0.1) is 0 Å². The van der Waals surface area contributed by atoms with E-state index in [4.69, 9.17) is 16.7 Å². The molecule has 1 N–H and O–H groups in total. The van der Waals surface area contributed by atoms with Gasteiger partial charge in [-0.15, -0.1) is 0 Å². The number of nitrogens with zero attached hydrogens (tertiary/aromatic N) is 1. The fourth-order valence-corrected chi connectivity index (χ4v) is 1.41. The van der Waals surface area contributed by atoms with Crippen molar-refractivity contribution in [2.75, 3.05) is 6.61 Å². The Hall–Kier alpha value is -0.450. The van der Waals surface area contributed by atoms with Crippen molar-refractivity contribution in [1.82, 2.24) is 4.98 Å². The van der Waals surface area contributed by atoms with Crippen molar-refractivity contribution >= 4 is 33.3 Å². The first-order valence-corrected chi connectivity index (χ1v) is 5.04. The van der Waals surface area contributed by atoms with Crippen LogP contribution in [0.3, 0.4) is 0 Å². The van der Waals surface area contributed by atoms with Crippen LogP contribution in [0.5, 0.6) is 0 Å². The highest BCUT2D eigenvalue weighted by Gasteiger charge is 2.07. The molecule has 0 radical (unpaired) electrons. The third-order valence-electron chi connectivity index (χ3n) is 1.44. The van der Waals surface area contributed by atoms with Crippen LogP contribution in [0, 0.1) is 0 Å². The number of rotatable bonds is 3. The Labute approximate surface area is 88.9 Å². The van der Waals surface area contributed by atoms with Gasteiger partial charge >= 0.3 is 0 Å². The summed E-state index contributed by atoms with van der Waals surface area (Å²) >= 11 is 8.90. The largest absolute Gasteiger partial charge is 0.388 e. The Bertz CT molecular complexity index is 330. The van der Waals surface area contributed by atoms with Crippen LogP contribution in [0.15, 0.2) is 12.1 Å². The summed E-state index contributed by atoms with van der Waals surface area (Å²) < 4.78 is 0. The fraction of sp³-hybridized carbons (Fsp3) is 0.250. The van der Waals surface area contributed by atoms with E-state index in [2.05, 4.69) is 20.9 Å². The summed E-state index contributed by atoms with van der Waals surface area (Å²) in [5, 5.41) is 9.45. The number of halogens is 2. The molecule has 0 aliphatic heterocycles. The predicted molar refractivity (Wildman–Crippen MR) is 53.3 cm³/mol. The normalized spacial score (nSPS) is 10.1. The average molecular weight is 265 g/mol. The third-order valence-corrected chi connectivity index (χ3v) is 2.28. The van der Waals surface area contributed by atoms with E-state index < -0.39 is 12.4 Å². The van der Waals surface area contributed by atoms with Gasteiger partial charge in [0.25, 0.3) is 0 Å². The first-order valence-electron chi connectivity index (χ1n) is 3.54. The Morgan fingerprint density at radius 2 is 2.31 bits per heavy atom. The van der Waals surface area contributed by atoms with E-state index >= 15 is 0 Å². The van der Waals surface area contributed by atoms with Crippen molar-refractivity contribution in [1.29, 1.82) is 0 Å². The van der Waals surface area contributed by atoms with Crippen LogP contribution in [0.4, 0.5) is 0 Å². The molecule has 0 saturated heterocycles. The van der Waals surface area contributed by atoms with Gasteiger partial charge in [-0.25, -0.2) is 4.98 Å². The van der Waals surface area contributed by atoms with Gasteiger partial charge in [0.1, 0.15) is 17.5 Å². The molecule has 13 heavy (non-hydrogen) atoms. The minimum absolute atomic E-state index is 0.199. The highest BCUT2D eigenvalue weighted by Crippen LogP contribution is 2.13. The average Bonchev–Trinajstić information content (AvgIpc) is 2.15. The lowest BCUT2D eigenvalue weighted by molar-refractivity contribution is 0.0898. The molecule has 0 bridgehead atoms. The molecule has 0 aliphatic rings. The van der Waals surface area contributed by atoms with Gasteiger partial charge in [0.2, 0.25) is 5.78 Å². The molecule has 3 nitrogen and oxygen atoms in total. The second-order valence-corrected chi connectivity index (χ2v) is 3.35. The van der Waals surface area contributed by atoms with Crippen LogP contribution >= 0.6 is 27.5 Å². The maximum Gasteiger partial charge on any atom is 0.206 e. The topological polar surface area (TPSA) is 50.2 Å². The van der Waals surface area contributed by atoms with Crippen molar-refractivity contribution in [3.05, 3.63) is 28.5 Å². The summed E-state index contributed by atoms with van der Waals surface area (Å²) in [6, 6.07) is 3.25. The molecular formula is C8H7BrClNO2. The molecule has 1 heterocycles. The van der Waals surface area contributed by atoms with Gasteiger partial charge in [0, 0.05) is 5.33 Å². The van der Waals surface area contributed by atoms with Gasteiger partial charge in [-0.1, -0.05) is 27.5 Å². The number of carbonyl (C=O) groups excluding carboxylic acids is 1. The summed E-state index contributed by atoms with van der Waals surface area (Å²) in [4.78, 5) is 14.8. The molecule has 1 aromatic heterocycles. The zero-order chi connectivity index (χ0) is 9.84. The minimum atomic E-state index is -0.547. The molecule has 70 valence electrons. The van der Waals surface area contributed by atoms with Crippen LogP contribution in [0.1, 0.15) is 16.1 Å². The van der Waals surface area contributed by atoms with Crippen LogP contribution in [-0.4, -0.2) is 22.5 Å². The number of Topliss-reactive ketones (excluding diaryl/α,β-unsaturated/α-hetero) is 1. The third kappa shape index (κ3) is 2.76. The van der Waals surface area contributed by atoms with E-state index in [0.29, 0.717) is 5.33 Å². The Morgan fingerprint density at radius 3 is 2.85 bits per heavy atom. The Kier molecular flexibility index (Phi) is 3.84. The Balaban J connectivity index is 3.08. The van der Waals surface area contributed by atoms with Crippen molar-refractivity contribution in [3.8, 4) is 0 Å². The molecule has 1 aromatic rings. The maximum absolute atomic E-state index is 11.0. The van der Waals surface area contributed by atoms with Gasteiger partial charge in [-0.05, 0) is 17.7 Å². The summed E-state index contributed by atoms with van der Waals surface area (Å²) in [5.41, 5.74) is 1.06. The van der Waals surface area contributed by atoms with Crippen molar-refractivity contribution in [2.24, 2.45) is 0 Å². The van der Waals surface area contributed by atoms with E-state index in [1.807, 2.05) is 0 Å². The van der Waals surface area contributed by atoms with Crippen LogP contribution in [-0.2, 0) is 5.33 Å². The summed E-state index contributed by atoms with van der Waals surface area (Å²) in [7, 11) is 0. The zero-order valence-electron chi connectivity index (χ0n) is 6.63. The fourth-order valence-electron chi connectivity index (χ4n) is 0.851. The van der Waals surface area contributed by atoms with E-state index in [0.717, 1.165) is 5.56 Å². The van der Waals surface area contributed by atoms with Crippen molar-refractivity contribution in [2.45, 2.75) is 5.33 Å². The zero-order valence-corrected chi connectivity index (χ0v) is 8.97. The molecule has 0 unspecified atom stereocenters. The summed E-state index contributed by atoms with van der Waals surface area (Å²) in [6.07, 6.45) is 0. The molecule has 0 aromatic carbocycles. The number of ketones is 1. The van der Waals surface area contributed by atoms with Crippen LogP contribution < -0.4 is 0 Å². The summed E-state index contributed by atoms with van der Waals surface area (Å²) in [5.74, 6) is -0.426. The summed E-state index contributed by atoms with van der Waals surface area (Å²) in [6.45, 7) is -0.547.